The molecule has 57 heavy (non-hydrogen) atoms. The van der Waals surface area contributed by atoms with E-state index in [2.05, 4.69) is 10.6 Å². The first-order chi connectivity index (χ1) is 27.4. The number of fused-ring (bicyclic) bond motifs is 2. The third-order valence-electron chi connectivity index (χ3n) is 11.3. The zero-order chi connectivity index (χ0) is 40.3. The number of dihydropyridines is 2. The first kappa shape index (κ1) is 38.7. The van der Waals surface area contributed by atoms with Crippen LogP contribution < -0.4 is 10.6 Å². The summed E-state index contributed by atoms with van der Waals surface area (Å²) in [6, 6.07) is 9.25. The largest absolute Gasteiger partial charge is 0.466 e. The quantitative estimate of drug-likeness (QED) is 0.126. The fraction of sp³-hybridized carbons (Fsp3) is 0.364. The van der Waals surface area contributed by atoms with Crippen LogP contribution in [-0.2, 0) is 33.4 Å². The number of esters is 3. The van der Waals surface area contributed by atoms with Gasteiger partial charge in [-0.3, -0.25) is 4.79 Å². The van der Waals surface area contributed by atoms with Crippen LogP contribution in [0, 0.1) is 29.4 Å². The molecule has 3 saturated carbocycles. The molecular formula is C44H42F2N2O7S2. The minimum atomic E-state index is -0.645. The van der Waals surface area contributed by atoms with Gasteiger partial charge in [-0.15, -0.1) is 22.7 Å². The number of ether oxygens (including phenoxy) is 3. The second-order valence-electron chi connectivity index (χ2n) is 15.2. The number of thiophene rings is 2. The Morgan fingerprint density at radius 1 is 0.596 bits per heavy atom. The van der Waals surface area contributed by atoms with Crippen LogP contribution in [0.3, 0.4) is 0 Å². The Balaban J connectivity index is 0.000000161. The van der Waals surface area contributed by atoms with E-state index in [1.54, 1.807) is 12.1 Å². The summed E-state index contributed by atoms with van der Waals surface area (Å²) in [6.45, 7) is 3.36. The number of rotatable bonds is 9. The Bertz CT molecular complexity index is 2450. The van der Waals surface area contributed by atoms with Gasteiger partial charge in [0.1, 0.15) is 11.6 Å². The fourth-order valence-electron chi connectivity index (χ4n) is 8.26. The molecule has 2 aliphatic heterocycles. The van der Waals surface area contributed by atoms with Gasteiger partial charge in [-0.25, -0.2) is 23.2 Å². The Labute approximate surface area is 336 Å². The fourth-order valence-corrected chi connectivity index (χ4v) is 10.2. The van der Waals surface area contributed by atoms with Crippen LogP contribution in [0.4, 0.5) is 8.78 Å². The molecule has 9 rings (SSSR count). The molecule has 13 heteroatoms. The van der Waals surface area contributed by atoms with Crippen molar-refractivity contribution in [2.24, 2.45) is 17.8 Å². The molecule has 0 saturated heterocycles. The van der Waals surface area contributed by atoms with Crippen LogP contribution in [0.1, 0.15) is 75.3 Å². The van der Waals surface area contributed by atoms with Crippen molar-refractivity contribution in [3.63, 3.8) is 0 Å². The van der Waals surface area contributed by atoms with E-state index in [0.717, 1.165) is 87.2 Å². The summed E-state index contributed by atoms with van der Waals surface area (Å²) in [4.78, 5) is 51.3. The summed E-state index contributed by atoms with van der Waals surface area (Å²) < 4.78 is 45.3. The average Bonchev–Trinajstić information content (AvgIpc) is 4.09. The highest BCUT2D eigenvalue weighted by molar-refractivity contribution is 7.17. The lowest BCUT2D eigenvalue weighted by atomic mass is 9.78. The lowest BCUT2D eigenvalue weighted by molar-refractivity contribution is -0.138. The van der Waals surface area contributed by atoms with Gasteiger partial charge in [0.2, 0.25) is 0 Å². The molecule has 3 fully saturated rings. The van der Waals surface area contributed by atoms with Gasteiger partial charge in [-0.2, -0.15) is 0 Å². The van der Waals surface area contributed by atoms with Gasteiger partial charge >= 0.3 is 17.9 Å². The normalized spacial score (nSPS) is 19.9. The van der Waals surface area contributed by atoms with Crippen LogP contribution in [0.5, 0.6) is 0 Å². The van der Waals surface area contributed by atoms with Crippen molar-refractivity contribution in [3.8, 4) is 0 Å². The molecule has 2 N–H and O–H groups in total. The third-order valence-corrected chi connectivity index (χ3v) is 13.3. The SMILES string of the molecule is COC(=O)C1=C(C2CC2)NC(C)=C(C(C)=O)C1c1csc2ccc(F)cc12.COC(=O)C1=C(C2CC2)NC(C2CC2)=C(C(=O)OC)C1c1csc2ccc(F)cc12. The molecule has 0 amide bonds. The summed E-state index contributed by atoms with van der Waals surface area (Å²) in [5.41, 5.74) is 6.68. The average molecular weight is 813 g/mol. The van der Waals surface area contributed by atoms with Gasteiger partial charge < -0.3 is 24.8 Å². The second-order valence-corrected chi connectivity index (χ2v) is 17.0. The highest BCUT2D eigenvalue weighted by Crippen LogP contribution is 2.52. The first-order valence-electron chi connectivity index (χ1n) is 19.0. The van der Waals surface area contributed by atoms with E-state index in [1.165, 1.54) is 75.2 Å². The van der Waals surface area contributed by atoms with E-state index in [1.807, 2.05) is 17.7 Å². The van der Waals surface area contributed by atoms with E-state index in [-0.39, 0.29) is 35.2 Å². The van der Waals surface area contributed by atoms with Crippen molar-refractivity contribution in [3.05, 3.63) is 115 Å². The van der Waals surface area contributed by atoms with Crippen LogP contribution in [0.2, 0.25) is 0 Å². The van der Waals surface area contributed by atoms with E-state index in [4.69, 9.17) is 14.2 Å². The zero-order valence-corrected chi connectivity index (χ0v) is 33.8. The lowest BCUT2D eigenvalue weighted by Crippen LogP contribution is -2.35. The van der Waals surface area contributed by atoms with Gasteiger partial charge in [0.25, 0.3) is 0 Å². The van der Waals surface area contributed by atoms with E-state index < -0.39 is 29.7 Å². The van der Waals surface area contributed by atoms with E-state index >= 15 is 0 Å². The summed E-state index contributed by atoms with van der Waals surface area (Å²) >= 11 is 2.96. The second kappa shape index (κ2) is 15.3. The maximum atomic E-state index is 14.1. The number of carbonyl (C=O) groups is 4. The van der Waals surface area contributed by atoms with Crippen molar-refractivity contribution in [2.75, 3.05) is 21.3 Å². The highest BCUT2D eigenvalue weighted by Gasteiger charge is 2.47. The Morgan fingerprint density at radius 2 is 0.965 bits per heavy atom. The van der Waals surface area contributed by atoms with Crippen molar-refractivity contribution < 1.29 is 42.2 Å². The highest BCUT2D eigenvalue weighted by atomic mass is 32.1. The predicted molar refractivity (Wildman–Crippen MR) is 214 cm³/mol. The van der Waals surface area contributed by atoms with Crippen molar-refractivity contribution in [1.29, 1.82) is 0 Å². The number of ketones is 1. The number of hydrogen-bond donors (Lipinski definition) is 2. The van der Waals surface area contributed by atoms with Crippen LogP contribution in [0.25, 0.3) is 20.2 Å². The molecule has 1 unspecified atom stereocenters. The van der Waals surface area contributed by atoms with Gasteiger partial charge in [0.15, 0.2) is 5.78 Å². The number of allylic oxidation sites excluding steroid dienone is 5. The molecule has 2 aromatic carbocycles. The molecule has 296 valence electrons. The predicted octanol–water partition coefficient (Wildman–Crippen LogP) is 8.83. The van der Waals surface area contributed by atoms with E-state index in [9.17, 15) is 28.0 Å². The monoisotopic (exact) mass is 812 g/mol. The number of benzene rings is 2. The molecule has 1 atom stereocenters. The molecule has 9 nitrogen and oxygen atoms in total. The number of Topliss-reactive ketones (excluding diaryl/α,β-unsaturated/α-hetero) is 1. The van der Waals surface area contributed by atoms with Gasteiger partial charge in [0.05, 0.1) is 44.0 Å². The summed E-state index contributed by atoms with van der Waals surface area (Å²) in [5.74, 6) is -2.63. The zero-order valence-electron chi connectivity index (χ0n) is 32.2. The molecule has 2 aromatic heterocycles. The Morgan fingerprint density at radius 3 is 1.32 bits per heavy atom. The van der Waals surface area contributed by atoms with Crippen LogP contribution in [-0.4, -0.2) is 45.0 Å². The maximum Gasteiger partial charge on any atom is 0.336 e. The summed E-state index contributed by atoms with van der Waals surface area (Å²) in [7, 11) is 4.04. The van der Waals surface area contributed by atoms with Gasteiger partial charge in [0, 0.05) is 43.7 Å². The molecule has 0 radical (unpaired) electrons. The number of halogens is 2. The number of carbonyl (C=O) groups excluding carboxylic acids is 4. The molecular weight excluding hydrogens is 771 g/mol. The number of hydrogen-bond acceptors (Lipinski definition) is 11. The minimum absolute atomic E-state index is 0.114. The number of nitrogens with one attached hydrogen (secondary N) is 2. The van der Waals surface area contributed by atoms with Gasteiger partial charge in [-0.05, 0) is 139 Å². The topological polar surface area (TPSA) is 120 Å². The molecule has 4 aromatic rings. The van der Waals surface area contributed by atoms with E-state index in [0.29, 0.717) is 27.7 Å². The summed E-state index contributed by atoms with van der Waals surface area (Å²) in [6.07, 6.45) is 5.94. The molecule has 4 heterocycles. The molecule has 3 aliphatic carbocycles. The standard InChI is InChI=1S/C23H22FNO4S.C21H20FNO3S/c1-28-22(26)18-17(15-10-30-16-8-7-13(24)9-14(15)16)19(23(27)29-2)21(12-5-6-12)25-20(18)11-3-4-11;1-10-17(11(2)24)18(15-9-27-16-7-6-13(22)8-14(15)16)19(21(25)26-3)20(23-10)12-4-5-12/h7-12,17,25H,3-6H2,1-2H3;6-9,12,18,23H,4-5H2,1-3H3. The van der Waals surface area contributed by atoms with Gasteiger partial charge in [-0.1, -0.05) is 0 Å². The first-order valence-corrected chi connectivity index (χ1v) is 20.8. The smallest absolute Gasteiger partial charge is 0.336 e. The Hall–Kier alpha value is -5.14. The molecule has 5 aliphatic rings. The minimum Gasteiger partial charge on any atom is -0.466 e. The van der Waals surface area contributed by atoms with Crippen molar-refractivity contribution in [2.45, 2.75) is 64.2 Å². The number of methoxy groups -OCH3 is 3. The Kier molecular flexibility index (Phi) is 10.4. The van der Waals surface area contributed by atoms with Crippen LogP contribution in [0.15, 0.2) is 92.2 Å². The van der Waals surface area contributed by atoms with Crippen molar-refractivity contribution in [1.82, 2.24) is 10.6 Å². The molecule has 0 bridgehead atoms. The summed E-state index contributed by atoms with van der Waals surface area (Å²) in [5, 5.41) is 12.0. The third kappa shape index (κ3) is 7.20. The van der Waals surface area contributed by atoms with Crippen molar-refractivity contribution >= 4 is 66.5 Å². The maximum absolute atomic E-state index is 14.1. The molecule has 0 spiro atoms. The lowest BCUT2D eigenvalue weighted by Gasteiger charge is -2.32. The van der Waals surface area contributed by atoms with Crippen LogP contribution >= 0.6 is 22.7 Å².